The van der Waals surface area contributed by atoms with Gasteiger partial charge in [0.2, 0.25) is 15.9 Å². The van der Waals surface area contributed by atoms with Gasteiger partial charge < -0.3 is 10.6 Å². The van der Waals surface area contributed by atoms with E-state index in [1.54, 1.807) is 13.0 Å². The third kappa shape index (κ3) is 3.10. The predicted octanol–water partition coefficient (Wildman–Crippen LogP) is 1.37. The summed E-state index contributed by atoms with van der Waals surface area (Å²) >= 11 is 0. The topological polar surface area (TPSA) is 87.3 Å². The Kier molecular flexibility index (Phi) is 4.01. The molecule has 7 heteroatoms. The maximum atomic E-state index is 12.1. The maximum Gasteiger partial charge on any atom is 0.246 e. The number of rotatable bonds is 4. The molecule has 1 unspecified atom stereocenters. The van der Waals surface area contributed by atoms with Crippen LogP contribution in [0.4, 0.5) is 11.4 Å². The van der Waals surface area contributed by atoms with Gasteiger partial charge in [-0.15, -0.1) is 0 Å². The van der Waals surface area contributed by atoms with Crippen LogP contribution in [-0.2, 0) is 14.8 Å². The van der Waals surface area contributed by atoms with E-state index in [4.69, 9.17) is 0 Å². The predicted molar refractivity (Wildman–Crippen MR) is 78.2 cm³/mol. The number of hydrogen-bond donors (Lipinski definition) is 3. The Labute approximate surface area is 119 Å². The summed E-state index contributed by atoms with van der Waals surface area (Å²) in [5.41, 5.74) is 1.21. The van der Waals surface area contributed by atoms with Crippen LogP contribution in [0.5, 0.6) is 0 Å². The molecule has 0 fully saturated rings. The lowest BCUT2D eigenvalue weighted by atomic mass is 10.1. The van der Waals surface area contributed by atoms with Crippen molar-refractivity contribution in [2.45, 2.75) is 31.7 Å². The summed E-state index contributed by atoms with van der Waals surface area (Å²) in [7, 11) is -3.55. The summed E-state index contributed by atoms with van der Waals surface area (Å²) in [6.45, 7) is 5.98. The quantitative estimate of drug-likeness (QED) is 0.783. The van der Waals surface area contributed by atoms with Crippen LogP contribution in [0.1, 0.15) is 20.8 Å². The van der Waals surface area contributed by atoms with Gasteiger partial charge >= 0.3 is 0 Å². The average Bonchev–Trinajstić information content (AvgIpc) is 2.37. The molecule has 0 radical (unpaired) electrons. The third-order valence-electron chi connectivity index (χ3n) is 3.01. The van der Waals surface area contributed by atoms with Crippen molar-refractivity contribution in [2.24, 2.45) is 5.92 Å². The normalized spacial score (nSPS) is 18.4. The summed E-state index contributed by atoms with van der Waals surface area (Å²) in [5, 5.41) is 5.70. The minimum Gasteiger partial charge on any atom is -0.372 e. The van der Waals surface area contributed by atoms with Crippen molar-refractivity contribution in [3.63, 3.8) is 0 Å². The second-order valence-corrected chi connectivity index (χ2v) is 7.08. The molecule has 3 N–H and O–H groups in total. The summed E-state index contributed by atoms with van der Waals surface area (Å²) in [6, 6.07) is 4.33. The molecule has 1 atom stereocenters. The van der Waals surface area contributed by atoms with Gasteiger partial charge in [-0.1, -0.05) is 13.8 Å². The first-order chi connectivity index (χ1) is 9.29. The van der Waals surface area contributed by atoms with E-state index in [9.17, 15) is 13.2 Å². The number of fused-ring (bicyclic) bond motifs is 1. The Morgan fingerprint density at radius 1 is 1.30 bits per heavy atom. The molecule has 0 spiro atoms. The lowest BCUT2D eigenvalue weighted by Gasteiger charge is -2.24. The molecule has 1 amide bonds. The fraction of sp³-hybridized carbons (Fsp3) is 0.462. The molecule has 1 aliphatic heterocycles. The van der Waals surface area contributed by atoms with Gasteiger partial charge in [0.05, 0.1) is 16.3 Å². The Balaban J connectivity index is 2.27. The number of amides is 1. The Morgan fingerprint density at radius 2 is 2.00 bits per heavy atom. The van der Waals surface area contributed by atoms with E-state index in [0.717, 1.165) is 5.69 Å². The van der Waals surface area contributed by atoms with Crippen LogP contribution < -0.4 is 15.4 Å². The lowest BCUT2D eigenvalue weighted by Crippen LogP contribution is -2.36. The molecule has 1 aromatic rings. The molecule has 20 heavy (non-hydrogen) atoms. The van der Waals surface area contributed by atoms with Crippen LogP contribution in [0, 0.1) is 5.92 Å². The average molecular weight is 297 g/mol. The minimum absolute atomic E-state index is 0.147. The van der Waals surface area contributed by atoms with E-state index >= 15 is 0 Å². The molecular weight excluding hydrogens is 278 g/mol. The largest absolute Gasteiger partial charge is 0.372 e. The van der Waals surface area contributed by atoms with Crippen molar-refractivity contribution in [3.8, 4) is 0 Å². The van der Waals surface area contributed by atoms with Gasteiger partial charge in [0.25, 0.3) is 0 Å². The molecule has 0 saturated heterocycles. The van der Waals surface area contributed by atoms with E-state index in [0.29, 0.717) is 12.2 Å². The van der Waals surface area contributed by atoms with Crippen molar-refractivity contribution < 1.29 is 13.2 Å². The van der Waals surface area contributed by atoms with E-state index < -0.39 is 10.0 Å². The van der Waals surface area contributed by atoms with Gasteiger partial charge in [0, 0.05) is 6.54 Å². The van der Waals surface area contributed by atoms with Gasteiger partial charge in [-0.2, -0.15) is 0 Å². The number of sulfonamides is 1. The molecule has 1 heterocycles. The molecule has 6 nitrogen and oxygen atoms in total. The summed E-state index contributed by atoms with van der Waals surface area (Å²) in [4.78, 5) is 11.7. The smallest absolute Gasteiger partial charge is 0.246 e. The lowest BCUT2D eigenvalue weighted by molar-refractivity contribution is -0.116. The van der Waals surface area contributed by atoms with Crippen LogP contribution in [-0.4, -0.2) is 26.9 Å². The van der Waals surface area contributed by atoms with Crippen LogP contribution in [0.25, 0.3) is 0 Å². The SMILES string of the molecule is CC(C)CNS(=O)(=O)c1ccc2c(c1)NC(=O)C(C)N2. The monoisotopic (exact) mass is 297 g/mol. The number of nitrogens with one attached hydrogen (secondary N) is 3. The Morgan fingerprint density at radius 3 is 2.65 bits per heavy atom. The second kappa shape index (κ2) is 5.41. The van der Waals surface area contributed by atoms with E-state index in [2.05, 4.69) is 15.4 Å². The zero-order valence-electron chi connectivity index (χ0n) is 11.7. The minimum atomic E-state index is -3.55. The number of hydrogen-bond acceptors (Lipinski definition) is 4. The highest BCUT2D eigenvalue weighted by Gasteiger charge is 2.23. The molecule has 2 rings (SSSR count). The summed E-state index contributed by atoms with van der Waals surface area (Å²) < 4.78 is 26.8. The van der Waals surface area contributed by atoms with E-state index in [1.165, 1.54) is 12.1 Å². The zero-order valence-corrected chi connectivity index (χ0v) is 12.5. The summed E-state index contributed by atoms with van der Waals surface area (Å²) in [5.74, 6) is 0.0480. The summed E-state index contributed by atoms with van der Waals surface area (Å²) in [6.07, 6.45) is 0. The fourth-order valence-corrected chi connectivity index (χ4v) is 3.06. The standard InChI is InChI=1S/C13H19N3O3S/c1-8(2)7-14-20(18,19)10-4-5-11-12(6-10)16-13(17)9(3)15-11/h4-6,8-9,14-15H,7H2,1-3H3,(H,16,17). The molecule has 0 saturated carbocycles. The van der Waals surface area contributed by atoms with Crippen molar-refractivity contribution in [3.05, 3.63) is 18.2 Å². The maximum absolute atomic E-state index is 12.1. The molecular formula is C13H19N3O3S. The fourth-order valence-electron chi connectivity index (χ4n) is 1.82. The first-order valence-electron chi connectivity index (χ1n) is 6.50. The first kappa shape index (κ1) is 14.8. The first-order valence-corrected chi connectivity index (χ1v) is 7.99. The van der Waals surface area contributed by atoms with Crippen molar-refractivity contribution in [1.82, 2.24) is 4.72 Å². The molecule has 1 aliphatic rings. The third-order valence-corrected chi connectivity index (χ3v) is 4.43. The number of carbonyl (C=O) groups is 1. The van der Waals surface area contributed by atoms with Crippen LogP contribution in [0.3, 0.4) is 0 Å². The Hall–Kier alpha value is -1.60. The van der Waals surface area contributed by atoms with Gasteiger partial charge in [0.1, 0.15) is 6.04 Å². The number of anilines is 2. The molecule has 110 valence electrons. The molecule has 1 aromatic carbocycles. The van der Waals surface area contributed by atoms with Crippen molar-refractivity contribution in [1.29, 1.82) is 0 Å². The van der Waals surface area contributed by atoms with E-state index in [1.807, 2.05) is 13.8 Å². The van der Waals surface area contributed by atoms with Crippen LogP contribution in [0.2, 0.25) is 0 Å². The van der Waals surface area contributed by atoms with Crippen molar-refractivity contribution in [2.75, 3.05) is 17.2 Å². The van der Waals surface area contributed by atoms with Gasteiger partial charge in [0.15, 0.2) is 0 Å². The zero-order chi connectivity index (χ0) is 14.9. The van der Waals surface area contributed by atoms with Gasteiger partial charge in [-0.3, -0.25) is 4.79 Å². The van der Waals surface area contributed by atoms with E-state index in [-0.39, 0.29) is 22.8 Å². The van der Waals surface area contributed by atoms with Gasteiger partial charge in [-0.05, 0) is 31.0 Å². The van der Waals surface area contributed by atoms with Crippen molar-refractivity contribution >= 4 is 27.3 Å². The second-order valence-electron chi connectivity index (χ2n) is 5.31. The number of benzene rings is 1. The van der Waals surface area contributed by atoms with Gasteiger partial charge in [-0.25, -0.2) is 13.1 Å². The molecule has 0 bridgehead atoms. The number of carbonyl (C=O) groups excluding carboxylic acids is 1. The van der Waals surface area contributed by atoms with Crippen LogP contribution >= 0.6 is 0 Å². The molecule has 0 aliphatic carbocycles. The highest BCUT2D eigenvalue weighted by atomic mass is 32.2. The highest BCUT2D eigenvalue weighted by Crippen LogP contribution is 2.29. The highest BCUT2D eigenvalue weighted by molar-refractivity contribution is 7.89. The van der Waals surface area contributed by atoms with Crippen LogP contribution in [0.15, 0.2) is 23.1 Å². The Bertz CT molecular complexity index is 626. The molecule has 0 aromatic heterocycles.